The first-order valence-corrected chi connectivity index (χ1v) is 7.90. The molecular weight excluding hydrogens is 311 g/mol. The van der Waals surface area contributed by atoms with Crippen LogP contribution in [0, 0.1) is 12.7 Å². The van der Waals surface area contributed by atoms with E-state index < -0.39 is 6.04 Å². The maximum atomic E-state index is 12.9. The molecule has 0 aliphatic carbocycles. The predicted molar refractivity (Wildman–Crippen MR) is 85.3 cm³/mol. The van der Waals surface area contributed by atoms with E-state index in [-0.39, 0.29) is 17.6 Å². The minimum atomic E-state index is -0.497. The lowest BCUT2D eigenvalue weighted by atomic mass is 10.2. The highest BCUT2D eigenvalue weighted by Gasteiger charge is 2.36. The van der Waals surface area contributed by atoms with Gasteiger partial charge in [-0.3, -0.25) is 9.59 Å². The number of furan rings is 1. The first kappa shape index (κ1) is 16.2. The third kappa shape index (κ3) is 3.64. The molecule has 1 aliphatic rings. The number of amides is 2. The van der Waals surface area contributed by atoms with Crippen LogP contribution >= 0.6 is 0 Å². The van der Waals surface area contributed by atoms with Crippen LogP contribution in [0.2, 0.25) is 0 Å². The Morgan fingerprint density at radius 3 is 2.71 bits per heavy atom. The van der Waals surface area contributed by atoms with Crippen molar-refractivity contribution >= 4 is 11.8 Å². The van der Waals surface area contributed by atoms with Gasteiger partial charge in [-0.25, -0.2) is 4.39 Å². The second-order valence-electron chi connectivity index (χ2n) is 5.93. The van der Waals surface area contributed by atoms with Gasteiger partial charge in [-0.1, -0.05) is 12.1 Å². The van der Waals surface area contributed by atoms with Gasteiger partial charge in [0.1, 0.15) is 23.4 Å². The van der Waals surface area contributed by atoms with E-state index in [2.05, 4.69) is 5.32 Å². The zero-order chi connectivity index (χ0) is 17.1. The Balaban J connectivity index is 1.62. The Kier molecular flexibility index (Phi) is 4.64. The smallest absolute Gasteiger partial charge is 0.243 e. The summed E-state index contributed by atoms with van der Waals surface area (Å²) in [6, 6.07) is 9.10. The van der Waals surface area contributed by atoms with Gasteiger partial charge in [0.05, 0.1) is 6.54 Å². The summed E-state index contributed by atoms with van der Waals surface area (Å²) in [6.07, 6.45) is 0.849. The van der Waals surface area contributed by atoms with E-state index >= 15 is 0 Å². The van der Waals surface area contributed by atoms with Crippen LogP contribution in [0.15, 0.2) is 40.8 Å². The molecule has 24 heavy (non-hydrogen) atoms. The van der Waals surface area contributed by atoms with Gasteiger partial charge in [0.25, 0.3) is 0 Å². The van der Waals surface area contributed by atoms with Gasteiger partial charge in [-0.15, -0.1) is 0 Å². The lowest BCUT2D eigenvalue weighted by molar-refractivity contribution is -0.136. The number of hydrogen-bond donors (Lipinski definition) is 1. The van der Waals surface area contributed by atoms with Gasteiger partial charge in [0, 0.05) is 13.0 Å². The fraction of sp³-hybridized carbons (Fsp3) is 0.333. The summed E-state index contributed by atoms with van der Waals surface area (Å²) in [4.78, 5) is 26.1. The molecule has 6 heteroatoms. The van der Waals surface area contributed by atoms with Gasteiger partial charge in [-0.2, -0.15) is 0 Å². The van der Waals surface area contributed by atoms with Crippen molar-refractivity contribution in [2.45, 2.75) is 38.9 Å². The van der Waals surface area contributed by atoms with Crippen molar-refractivity contribution in [3.05, 3.63) is 59.3 Å². The van der Waals surface area contributed by atoms with Gasteiger partial charge in [-0.05, 0) is 43.2 Å². The standard InChI is InChI=1S/C18H19FN2O3/c1-12-2-7-15(24-12)11-21-16(8-9-17(21)22)18(23)20-10-13-3-5-14(19)6-4-13/h2-7,16H,8-11H2,1H3,(H,20,23)/t16-/m1/s1. The Labute approximate surface area is 139 Å². The summed E-state index contributed by atoms with van der Waals surface area (Å²) in [5, 5.41) is 2.82. The van der Waals surface area contributed by atoms with Crippen LogP contribution in [-0.4, -0.2) is 22.8 Å². The molecule has 1 aromatic heterocycles. The van der Waals surface area contributed by atoms with Gasteiger partial charge in [0.15, 0.2) is 0 Å². The molecule has 1 aromatic carbocycles. The molecule has 1 aliphatic heterocycles. The molecule has 0 unspecified atom stereocenters. The molecule has 0 radical (unpaired) electrons. The number of likely N-dealkylation sites (tertiary alicyclic amines) is 1. The maximum absolute atomic E-state index is 12.9. The van der Waals surface area contributed by atoms with Gasteiger partial charge < -0.3 is 14.6 Å². The molecule has 5 nitrogen and oxygen atoms in total. The van der Waals surface area contributed by atoms with E-state index in [0.29, 0.717) is 31.7 Å². The molecule has 1 atom stereocenters. The Morgan fingerprint density at radius 2 is 2.04 bits per heavy atom. The zero-order valence-corrected chi connectivity index (χ0v) is 13.4. The highest BCUT2D eigenvalue weighted by Crippen LogP contribution is 2.22. The van der Waals surface area contributed by atoms with E-state index in [1.54, 1.807) is 17.0 Å². The number of carbonyl (C=O) groups is 2. The number of rotatable bonds is 5. The molecule has 1 fully saturated rings. The van der Waals surface area contributed by atoms with Gasteiger partial charge >= 0.3 is 0 Å². The second kappa shape index (κ2) is 6.86. The van der Waals surface area contributed by atoms with E-state index in [4.69, 9.17) is 4.42 Å². The fourth-order valence-electron chi connectivity index (χ4n) is 2.85. The van der Waals surface area contributed by atoms with Gasteiger partial charge in [0.2, 0.25) is 11.8 Å². The Morgan fingerprint density at radius 1 is 1.29 bits per heavy atom. The van der Waals surface area contributed by atoms with E-state index in [1.165, 1.54) is 12.1 Å². The van der Waals surface area contributed by atoms with Crippen LogP contribution in [0.5, 0.6) is 0 Å². The molecule has 0 spiro atoms. The van der Waals surface area contributed by atoms with Crippen molar-refractivity contribution in [3.63, 3.8) is 0 Å². The predicted octanol–water partition coefficient (Wildman–Crippen LogP) is 2.53. The summed E-state index contributed by atoms with van der Waals surface area (Å²) >= 11 is 0. The van der Waals surface area contributed by atoms with Crippen LogP contribution in [-0.2, 0) is 22.7 Å². The number of aryl methyl sites for hydroxylation is 1. The van der Waals surface area contributed by atoms with Crippen LogP contribution in [0.1, 0.15) is 29.9 Å². The summed E-state index contributed by atoms with van der Waals surface area (Å²) < 4.78 is 18.4. The average Bonchev–Trinajstić information content (AvgIpc) is 3.13. The normalized spacial score (nSPS) is 17.3. The average molecular weight is 330 g/mol. The largest absolute Gasteiger partial charge is 0.464 e. The van der Waals surface area contributed by atoms with Crippen molar-refractivity contribution in [1.82, 2.24) is 10.2 Å². The number of hydrogen-bond acceptors (Lipinski definition) is 3. The lowest BCUT2D eigenvalue weighted by Gasteiger charge is -2.23. The third-order valence-electron chi connectivity index (χ3n) is 4.13. The molecule has 1 saturated heterocycles. The molecule has 3 rings (SSSR count). The van der Waals surface area contributed by atoms with Crippen molar-refractivity contribution in [2.75, 3.05) is 0 Å². The maximum Gasteiger partial charge on any atom is 0.243 e. The molecular formula is C18H19FN2O3. The number of carbonyl (C=O) groups excluding carboxylic acids is 2. The molecule has 2 amide bonds. The monoisotopic (exact) mass is 330 g/mol. The third-order valence-corrected chi connectivity index (χ3v) is 4.13. The molecule has 2 aromatic rings. The van der Waals surface area contributed by atoms with Crippen LogP contribution in [0.4, 0.5) is 4.39 Å². The van der Waals surface area contributed by atoms with Crippen LogP contribution in [0.3, 0.4) is 0 Å². The minimum absolute atomic E-state index is 0.0500. The minimum Gasteiger partial charge on any atom is -0.464 e. The number of halogens is 1. The van der Waals surface area contributed by atoms with E-state index in [0.717, 1.165) is 11.3 Å². The van der Waals surface area contributed by atoms with Crippen molar-refractivity contribution in [2.24, 2.45) is 0 Å². The van der Waals surface area contributed by atoms with E-state index in [1.807, 2.05) is 19.1 Å². The van der Waals surface area contributed by atoms with Crippen molar-refractivity contribution in [1.29, 1.82) is 0 Å². The first-order chi connectivity index (χ1) is 11.5. The Bertz CT molecular complexity index is 739. The van der Waals surface area contributed by atoms with Crippen molar-refractivity contribution in [3.8, 4) is 0 Å². The Hall–Kier alpha value is -2.63. The van der Waals surface area contributed by atoms with E-state index in [9.17, 15) is 14.0 Å². The highest BCUT2D eigenvalue weighted by atomic mass is 19.1. The quantitative estimate of drug-likeness (QED) is 0.916. The van der Waals surface area contributed by atoms with Crippen LogP contribution < -0.4 is 5.32 Å². The molecule has 2 heterocycles. The fourth-order valence-corrected chi connectivity index (χ4v) is 2.85. The zero-order valence-electron chi connectivity index (χ0n) is 13.4. The number of nitrogens with one attached hydrogen (secondary N) is 1. The second-order valence-corrected chi connectivity index (χ2v) is 5.93. The molecule has 0 bridgehead atoms. The molecule has 1 N–H and O–H groups in total. The summed E-state index contributed by atoms with van der Waals surface area (Å²) in [7, 11) is 0. The summed E-state index contributed by atoms with van der Waals surface area (Å²) in [5.74, 6) is 0.874. The summed E-state index contributed by atoms with van der Waals surface area (Å²) in [6.45, 7) is 2.43. The SMILES string of the molecule is Cc1ccc(CN2C(=O)CC[C@@H]2C(=O)NCc2ccc(F)cc2)o1. The topological polar surface area (TPSA) is 62.6 Å². The number of nitrogens with zero attached hydrogens (tertiary/aromatic N) is 1. The molecule has 0 saturated carbocycles. The first-order valence-electron chi connectivity index (χ1n) is 7.90. The number of benzene rings is 1. The van der Waals surface area contributed by atoms with Crippen LogP contribution in [0.25, 0.3) is 0 Å². The highest BCUT2D eigenvalue weighted by molar-refractivity contribution is 5.90. The molecule has 126 valence electrons. The lowest BCUT2D eigenvalue weighted by Crippen LogP contribution is -2.44. The van der Waals surface area contributed by atoms with Crippen molar-refractivity contribution < 1.29 is 18.4 Å². The summed E-state index contributed by atoms with van der Waals surface area (Å²) in [5.41, 5.74) is 0.808.